The molecule has 18 heavy (non-hydrogen) atoms. The van der Waals surface area contributed by atoms with Gasteiger partial charge in [0.1, 0.15) is 5.41 Å². The number of benzene rings is 1. The van der Waals surface area contributed by atoms with E-state index in [1.54, 1.807) is 6.92 Å². The van der Waals surface area contributed by atoms with Crippen molar-refractivity contribution in [3.05, 3.63) is 35.9 Å². The van der Waals surface area contributed by atoms with Crippen LogP contribution in [0.3, 0.4) is 0 Å². The third-order valence-corrected chi connectivity index (χ3v) is 3.40. The number of carbonyl (C=O) groups excluding carboxylic acids is 3. The van der Waals surface area contributed by atoms with E-state index in [0.717, 1.165) is 10.5 Å². The fourth-order valence-corrected chi connectivity index (χ4v) is 2.10. The normalized spacial score (nSPS) is 20.4. The molecule has 1 aliphatic rings. The standard InChI is InChI=1S/C14H15NO3/c1-9(10-7-5-4-6-8-10)15-12(17)11(16)14(2,3)13(15)18/h4-9H,1-3H3/t9-/m0/s1. The van der Waals surface area contributed by atoms with Crippen molar-refractivity contribution in [3.8, 4) is 0 Å². The van der Waals surface area contributed by atoms with Gasteiger partial charge in [0.05, 0.1) is 6.04 Å². The molecule has 1 fully saturated rings. The summed E-state index contributed by atoms with van der Waals surface area (Å²) in [5, 5.41) is 0. The van der Waals surface area contributed by atoms with Crippen LogP contribution in [0, 0.1) is 5.41 Å². The molecular formula is C14H15NO3. The molecule has 1 heterocycles. The fraction of sp³-hybridized carbons (Fsp3) is 0.357. The van der Waals surface area contributed by atoms with Crippen molar-refractivity contribution in [2.75, 3.05) is 0 Å². The monoisotopic (exact) mass is 245 g/mol. The predicted octanol–water partition coefficient (Wildman–Crippen LogP) is 1.71. The maximum Gasteiger partial charge on any atom is 0.298 e. The van der Waals surface area contributed by atoms with Crippen LogP contribution in [0.1, 0.15) is 32.4 Å². The predicted molar refractivity (Wildman–Crippen MR) is 65.5 cm³/mol. The summed E-state index contributed by atoms with van der Waals surface area (Å²) < 4.78 is 0. The second-order valence-electron chi connectivity index (χ2n) is 5.02. The van der Waals surface area contributed by atoms with E-state index >= 15 is 0 Å². The van der Waals surface area contributed by atoms with Crippen LogP contribution in [0.5, 0.6) is 0 Å². The molecule has 0 aromatic heterocycles. The van der Waals surface area contributed by atoms with Crippen LogP contribution in [-0.2, 0) is 14.4 Å². The Balaban J connectivity index is 2.38. The van der Waals surface area contributed by atoms with E-state index in [0.29, 0.717) is 0 Å². The van der Waals surface area contributed by atoms with Gasteiger partial charge in [0.15, 0.2) is 0 Å². The van der Waals surface area contributed by atoms with Gasteiger partial charge in [-0.1, -0.05) is 30.3 Å². The molecule has 0 N–H and O–H groups in total. The third-order valence-electron chi connectivity index (χ3n) is 3.40. The first-order valence-electron chi connectivity index (χ1n) is 5.84. The lowest BCUT2D eigenvalue weighted by molar-refractivity contribution is -0.145. The molecule has 0 saturated carbocycles. The Labute approximate surface area is 106 Å². The first-order valence-corrected chi connectivity index (χ1v) is 5.84. The van der Waals surface area contributed by atoms with Crippen LogP contribution in [-0.4, -0.2) is 22.5 Å². The van der Waals surface area contributed by atoms with Crippen LogP contribution < -0.4 is 0 Å². The van der Waals surface area contributed by atoms with Gasteiger partial charge in [0.25, 0.3) is 5.91 Å². The summed E-state index contributed by atoms with van der Waals surface area (Å²) in [6.45, 7) is 4.74. The number of ketones is 1. The van der Waals surface area contributed by atoms with E-state index < -0.39 is 29.1 Å². The number of hydrogen-bond donors (Lipinski definition) is 0. The van der Waals surface area contributed by atoms with Gasteiger partial charge < -0.3 is 0 Å². The number of rotatable bonds is 2. The largest absolute Gasteiger partial charge is 0.298 e. The van der Waals surface area contributed by atoms with Gasteiger partial charge in [-0.05, 0) is 26.3 Å². The van der Waals surface area contributed by atoms with Crippen LogP contribution in [0.4, 0.5) is 0 Å². The van der Waals surface area contributed by atoms with Crippen LogP contribution in [0.2, 0.25) is 0 Å². The molecule has 2 amide bonds. The van der Waals surface area contributed by atoms with E-state index in [9.17, 15) is 14.4 Å². The first-order chi connectivity index (χ1) is 8.37. The van der Waals surface area contributed by atoms with Gasteiger partial charge in [-0.3, -0.25) is 19.3 Å². The van der Waals surface area contributed by atoms with Gasteiger partial charge in [0, 0.05) is 0 Å². The minimum absolute atomic E-state index is 0.420. The smallest absolute Gasteiger partial charge is 0.287 e. The van der Waals surface area contributed by atoms with E-state index in [1.165, 1.54) is 13.8 Å². The summed E-state index contributed by atoms with van der Waals surface area (Å²) in [6, 6.07) is 8.78. The second kappa shape index (κ2) is 4.05. The molecule has 4 heteroatoms. The molecular weight excluding hydrogens is 230 g/mol. The summed E-state index contributed by atoms with van der Waals surface area (Å²) in [5.74, 6) is -1.76. The molecule has 0 bridgehead atoms. The van der Waals surface area contributed by atoms with Gasteiger partial charge in [-0.25, -0.2) is 0 Å². The van der Waals surface area contributed by atoms with Gasteiger partial charge in [0.2, 0.25) is 11.7 Å². The Morgan fingerprint density at radius 1 is 1.06 bits per heavy atom. The Morgan fingerprint density at radius 2 is 1.61 bits per heavy atom. The highest BCUT2D eigenvalue weighted by Gasteiger charge is 2.54. The molecule has 94 valence electrons. The Hall–Kier alpha value is -1.97. The van der Waals surface area contributed by atoms with Crippen molar-refractivity contribution in [3.63, 3.8) is 0 Å². The maximum absolute atomic E-state index is 12.1. The molecule has 0 radical (unpaired) electrons. The van der Waals surface area contributed by atoms with Gasteiger partial charge >= 0.3 is 0 Å². The van der Waals surface area contributed by atoms with Crippen LogP contribution in [0.25, 0.3) is 0 Å². The molecule has 0 aliphatic carbocycles. The van der Waals surface area contributed by atoms with E-state index in [4.69, 9.17) is 0 Å². The van der Waals surface area contributed by atoms with Gasteiger partial charge in [-0.15, -0.1) is 0 Å². The number of nitrogens with zero attached hydrogens (tertiary/aromatic N) is 1. The molecule has 1 atom stereocenters. The SMILES string of the molecule is C[C@@H](c1ccccc1)N1C(=O)C(=O)C(C)(C)C1=O. The summed E-state index contributed by atoms with van der Waals surface area (Å²) in [6.07, 6.45) is 0. The number of carbonyl (C=O) groups is 3. The molecule has 1 saturated heterocycles. The zero-order valence-electron chi connectivity index (χ0n) is 10.6. The van der Waals surface area contributed by atoms with E-state index in [1.807, 2.05) is 30.3 Å². The lowest BCUT2D eigenvalue weighted by Gasteiger charge is -2.23. The maximum atomic E-state index is 12.1. The average Bonchev–Trinajstić information content (AvgIpc) is 2.51. The number of likely N-dealkylation sites (tertiary alicyclic amines) is 1. The number of amides is 2. The van der Waals surface area contributed by atoms with Crippen molar-refractivity contribution in [1.82, 2.24) is 4.90 Å². The Kier molecular flexibility index (Phi) is 2.81. The number of hydrogen-bond acceptors (Lipinski definition) is 3. The summed E-state index contributed by atoms with van der Waals surface area (Å²) in [4.78, 5) is 36.9. The Morgan fingerprint density at radius 3 is 2.06 bits per heavy atom. The molecule has 1 aromatic rings. The number of Topliss-reactive ketones (excluding diaryl/α,β-unsaturated/α-hetero) is 1. The molecule has 4 nitrogen and oxygen atoms in total. The van der Waals surface area contributed by atoms with Crippen molar-refractivity contribution in [2.24, 2.45) is 5.41 Å². The minimum Gasteiger partial charge on any atom is -0.287 e. The summed E-state index contributed by atoms with van der Waals surface area (Å²) in [7, 11) is 0. The van der Waals surface area contributed by atoms with Crippen LogP contribution in [0.15, 0.2) is 30.3 Å². The number of imide groups is 1. The quantitative estimate of drug-likeness (QED) is 0.453. The highest BCUT2D eigenvalue weighted by molar-refractivity contribution is 6.49. The second-order valence-corrected chi connectivity index (χ2v) is 5.02. The molecule has 0 spiro atoms. The van der Waals surface area contributed by atoms with Crippen molar-refractivity contribution < 1.29 is 14.4 Å². The summed E-state index contributed by atoms with van der Waals surface area (Å²) in [5.41, 5.74) is -0.398. The lowest BCUT2D eigenvalue weighted by Crippen LogP contribution is -2.35. The molecule has 1 aliphatic heterocycles. The minimum atomic E-state index is -1.24. The lowest BCUT2D eigenvalue weighted by atomic mass is 9.90. The topological polar surface area (TPSA) is 54.5 Å². The van der Waals surface area contributed by atoms with Crippen LogP contribution >= 0.6 is 0 Å². The Bertz CT molecular complexity index is 519. The van der Waals surface area contributed by atoms with Gasteiger partial charge in [-0.2, -0.15) is 0 Å². The summed E-state index contributed by atoms with van der Waals surface area (Å²) >= 11 is 0. The zero-order chi connectivity index (χ0) is 13.5. The first kappa shape index (κ1) is 12.5. The third kappa shape index (κ3) is 1.65. The highest BCUT2D eigenvalue weighted by atomic mass is 16.2. The zero-order valence-corrected chi connectivity index (χ0v) is 10.6. The van der Waals surface area contributed by atoms with E-state index in [-0.39, 0.29) is 0 Å². The highest BCUT2D eigenvalue weighted by Crippen LogP contribution is 2.34. The molecule has 0 unspecified atom stereocenters. The molecule has 2 rings (SSSR count). The van der Waals surface area contributed by atoms with Crippen molar-refractivity contribution >= 4 is 17.6 Å². The van der Waals surface area contributed by atoms with Crippen molar-refractivity contribution in [2.45, 2.75) is 26.8 Å². The van der Waals surface area contributed by atoms with E-state index in [2.05, 4.69) is 0 Å². The van der Waals surface area contributed by atoms with Crippen molar-refractivity contribution in [1.29, 1.82) is 0 Å². The fourth-order valence-electron chi connectivity index (χ4n) is 2.10. The average molecular weight is 245 g/mol. The molecule has 1 aromatic carbocycles.